The SMILES string of the molecule is CC(CO[Si](C)(C)C(C)(C)C)O[Si](c1ccccc1)c1ccccc1. The van der Waals surface area contributed by atoms with E-state index in [1.165, 1.54) is 10.4 Å². The quantitative estimate of drug-likeness (QED) is 0.679. The minimum absolute atomic E-state index is 0.0726. The van der Waals surface area contributed by atoms with Crippen LogP contribution in [0.15, 0.2) is 60.7 Å². The Hall–Kier alpha value is -1.21. The molecule has 2 rings (SSSR count). The molecule has 0 heterocycles. The number of rotatable bonds is 7. The summed E-state index contributed by atoms with van der Waals surface area (Å²) < 4.78 is 12.9. The Morgan fingerprint density at radius 1 is 0.880 bits per heavy atom. The Kier molecular flexibility index (Phi) is 6.80. The van der Waals surface area contributed by atoms with Gasteiger partial charge in [0.25, 0.3) is 9.04 Å². The van der Waals surface area contributed by atoms with Crippen molar-refractivity contribution in [3.05, 3.63) is 60.7 Å². The fraction of sp³-hybridized carbons (Fsp3) is 0.429. The van der Waals surface area contributed by atoms with E-state index in [1.807, 2.05) is 0 Å². The lowest BCUT2D eigenvalue weighted by Crippen LogP contribution is -2.49. The van der Waals surface area contributed by atoms with E-state index >= 15 is 0 Å². The van der Waals surface area contributed by atoms with E-state index in [0.717, 1.165) is 0 Å². The van der Waals surface area contributed by atoms with Gasteiger partial charge in [-0.1, -0.05) is 81.4 Å². The third kappa shape index (κ3) is 5.64. The lowest BCUT2D eigenvalue weighted by molar-refractivity contribution is 0.137. The molecule has 1 radical (unpaired) electrons. The standard InChI is InChI=1S/C21H31O2Si2/c1-18(17-22-25(5,6)21(2,3)4)23-24(19-13-9-7-10-14-19)20-15-11-8-12-16-20/h7-16,18H,17H2,1-6H3. The second kappa shape index (κ2) is 8.45. The summed E-state index contributed by atoms with van der Waals surface area (Å²) in [6, 6.07) is 21.1. The highest BCUT2D eigenvalue weighted by molar-refractivity contribution is 6.80. The van der Waals surface area contributed by atoms with Crippen LogP contribution >= 0.6 is 0 Å². The van der Waals surface area contributed by atoms with Gasteiger partial charge in [0.1, 0.15) is 0 Å². The average Bonchev–Trinajstić information content (AvgIpc) is 2.58. The lowest BCUT2D eigenvalue weighted by atomic mass is 10.2. The van der Waals surface area contributed by atoms with Crippen LogP contribution in [0.2, 0.25) is 18.1 Å². The molecule has 0 bridgehead atoms. The normalized spacial score (nSPS) is 13.9. The Morgan fingerprint density at radius 3 is 1.72 bits per heavy atom. The maximum Gasteiger partial charge on any atom is 0.283 e. The van der Waals surface area contributed by atoms with Crippen molar-refractivity contribution in [2.45, 2.75) is 51.9 Å². The second-order valence-corrected chi connectivity index (χ2v) is 14.9. The topological polar surface area (TPSA) is 18.5 Å². The fourth-order valence-corrected chi connectivity index (χ4v) is 5.41. The minimum atomic E-state index is -1.75. The van der Waals surface area contributed by atoms with Crippen molar-refractivity contribution in [2.24, 2.45) is 0 Å². The van der Waals surface area contributed by atoms with Crippen LogP contribution in [0.1, 0.15) is 27.7 Å². The third-order valence-corrected chi connectivity index (χ3v) is 11.7. The highest BCUT2D eigenvalue weighted by Crippen LogP contribution is 2.36. The van der Waals surface area contributed by atoms with Crippen LogP contribution < -0.4 is 10.4 Å². The summed E-state index contributed by atoms with van der Waals surface area (Å²) in [5, 5.41) is 2.77. The van der Waals surface area contributed by atoms with Gasteiger partial charge < -0.3 is 8.85 Å². The molecule has 0 aromatic heterocycles. The maximum atomic E-state index is 6.53. The highest BCUT2D eigenvalue weighted by Gasteiger charge is 2.37. The molecule has 2 aromatic rings. The van der Waals surface area contributed by atoms with Gasteiger partial charge in [-0.05, 0) is 35.4 Å². The second-order valence-electron chi connectivity index (χ2n) is 8.06. The van der Waals surface area contributed by atoms with E-state index in [1.54, 1.807) is 0 Å². The van der Waals surface area contributed by atoms with E-state index in [0.29, 0.717) is 6.61 Å². The molecule has 0 aliphatic rings. The van der Waals surface area contributed by atoms with Gasteiger partial charge >= 0.3 is 0 Å². The zero-order valence-corrected chi connectivity index (χ0v) is 18.4. The molecule has 0 spiro atoms. The first-order chi connectivity index (χ1) is 11.7. The van der Waals surface area contributed by atoms with Crippen molar-refractivity contribution in [1.82, 2.24) is 0 Å². The van der Waals surface area contributed by atoms with Crippen molar-refractivity contribution in [3.8, 4) is 0 Å². The monoisotopic (exact) mass is 371 g/mol. The van der Waals surface area contributed by atoms with Crippen LogP contribution in [0.4, 0.5) is 0 Å². The Balaban J connectivity index is 2.10. The summed E-state index contributed by atoms with van der Waals surface area (Å²) in [5.74, 6) is 0. The summed E-state index contributed by atoms with van der Waals surface area (Å²) in [4.78, 5) is 0. The Labute approximate surface area is 156 Å². The van der Waals surface area contributed by atoms with Crippen LogP contribution in [0.5, 0.6) is 0 Å². The summed E-state index contributed by atoms with van der Waals surface area (Å²) in [6.07, 6.45) is 0.0726. The van der Waals surface area contributed by atoms with Crippen LogP contribution in [-0.4, -0.2) is 30.1 Å². The van der Waals surface area contributed by atoms with Crippen molar-refractivity contribution >= 4 is 27.7 Å². The molecule has 1 unspecified atom stereocenters. The Morgan fingerprint density at radius 2 is 1.32 bits per heavy atom. The summed E-state index contributed by atoms with van der Waals surface area (Å²) >= 11 is 0. The highest BCUT2D eigenvalue weighted by atomic mass is 28.4. The molecule has 4 heteroatoms. The van der Waals surface area contributed by atoms with Gasteiger partial charge in [0, 0.05) is 0 Å². The molecule has 0 fully saturated rings. The zero-order chi connectivity index (χ0) is 18.5. The first kappa shape index (κ1) is 20.1. The van der Waals surface area contributed by atoms with Gasteiger partial charge in [-0.3, -0.25) is 0 Å². The van der Waals surface area contributed by atoms with E-state index in [-0.39, 0.29) is 11.1 Å². The molecule has 1 atom stereocenters. The van der Waals surface area contributed by atoms with Crippen LogP contribution in [0, 0.1) is 0 Å². The van der Waals surface area contributed by atoms with E-state index in [4.69, 9.17) is 8.85 Å². The van der Waals surface area contributed by atoms with Crippen molar-refractivity contribution in [1.29, 1.82) is 0 Å². The molecule has 0 saturated heterocycles. The lowest BCUT2D eigenvalue weighted by Gasteiger charge is -2.37. The van der Waals surface area contributed by atoms with Gasteiger partial charge in [0.15, 0.2) is 8.32 Å². The largest absolute Gasteiger partial charge is 0.414 e. The van der Waals surface area contributed by atoms with Gasteiger partial charge in [-0.25, -0.2) is 0 Å². The number of hydrogen-bond acceptors (Lipinski definition) is 2. The molecular weight excluding hydrogens is 340 g/mol. The van der Waals surface area contributed by atoms with E-state index in [2.05, 4.69) is 101 Å². The Bertz CT molecular complexity index is 596. The van der Waals surface area contributed by atoms with E-state index in [9.17, 15) is 0 Å². The van der Waals surface area contributed by atoms with Gasteiger partial charge in [-0.15, -0.1) is 0 Å². The molecule has 2 nitrogen and oxygen atoms in total. The van der Waals surface area contributed by atoms with Crippen LogP contribution in [0.25, 0.3) is 0 Å². The predicted molar refractivity (Wildman–Crippen MR) is 112 cm³/mol. The van der Waals surface area contributed by atoms with Crippen molar-refractivity contribution in [2.75, 3.05) is 6.61 Å². The fourth-order valence-electron chi connectivity index (χ4n) is 2.26. The molecule has 0 aliphatic carbocycles. The van der Waals surface area contributed by atoms with Crippen molar-refractivity contribution < 1.29 is 8.85 Å². The summed E-state index contributed by atoms with van der Waals surface area (Å²) in [5.41, 5.74) is 0. The molecule has 0 saturated carbocycles. The van der Waals surface area contributed by atoms with Crippen LogP contribution in [-0.2, 0) is 8.85 Å². The molecule has 0 aliphatic heterocycles. The molecule has 135 valence electrons. The first-order valence-corrected chi connectivity index (χ1v) is 13.3. The summed E-state index contributed by atoms with van der Waals surface area (Å²) in [6.45, 7) is 14.2. The smallest absolute Gasteiger partial charge is 0.283 e. The third-order valence-electron chi connectivity index (χ3n) is 4.88. The van der Waals surface area contributed by atoms with Gasteiger partial charge in [0.05, 0.1) is 12.7 Å². The van der Waals surface area contributed by atoms with Gasteiger partial charge in [0.2, 0.25) is 0 Å². The number of benzene rings is 2. The predicted octanol–water partition coefficient (Wildman–Crippen LogP) is 4.22. The average molecular weight is 372 g/mol. The van der Waals surface area contributed by atoms with E-state index < -0.39 is 17.4 Å². The molecule has 0 amide bonds. The van der Waals surface area contributed by atoms with Gasteiger partial charge in [-0.2, -0.15) is 0 Å². The minimum Gasteiger partial charge on any atom is -0.414 e. The molecule has 2 aromatic carbocycles. The molecule has 0 N–H and O–H groups in total. The molecule has 25 heavy (non-hydrogen) atoms. The number of hydrogen-bond donors (Lipinski definition) is 0. The summed E-state index contributed by atoms with van der Waals surface area (Å²) in [7, 11) is -3.01. The van der Waals surface area contributed by atoms with Crippen molar-refractivity contribution in [3.63, 3.8) is 0 Å². The maximum absolute atomic E-state index is 6.53. The van der Waals surface area contributed by atoms with Crippen LogP contribution in [0.3, 0.4) is 0 Å². The first-order valence-electron chi connectivity index (χ1n) is 8.99. The molecular formula is C21H31O2Si2. The zero-order valence-electron chi connectivity index (χ0n) is 16.4.